The van der Waals surface area contributed by atoms with Gasteiger partial charge in [0.05, 0.1) is 5.92 Å². The fourth-order valence-corrected chi connectivity index (χ4v) is 2.26. The molecule has 1 atom stereocenters. The third-order valence-electron chi connectivity index (χ3n) is 2.39. The second-order valence-electron chi connectivity index (χ2n) is 3.34. The van der Waals surface area contributed by atoms with Crippen molar-refractivity contribution in [2.24, 2.45) is 5.92 Å². The number of carbonyl (C=O) groups is 1. The van der Waals surface area contributed by atoms with Gasteiger partial charge in [-0.25, -0.2) is 0 Å². The van der Waals surface area contributed by atoms with Crippen molar-refractivity contribution in [3.05, 3.63) is 5.51 Å². The van der Waals surface area contributed by atoms with Crippen molar-refractivity contribution in [2.45, 2.75) is 12.8 Å². The molecule has 76 valence electrons. The molecular formula is C8H11N3O2S. The molecule has 0 aromatic carbocycles. The standard InChI is InChI=1S/C8H11N3O2S/c12-7(13)6-2-1-3-11(4-6)8-10-9-5-14-8/h5-6H,1-4H2,(H,12,13). The molecule has 0 bridgehead atoms. The minimum Gasteiger partial charge on any atom is -0.481 e. The lowest BCUT2D eigenvalue weighted by Gasteiger charge is -2.29. The predicted molar refractivity (Wildman–Crippen MR) is 52.5 cm³/mol. The van der Waals surface area contributed by atoms with Gasteiger partial charge in [0, 0.05) is 13.1 Å². The number of hydrogen-bond acceptors (Lipinski definition) is 5. The van der Waals surface area contributed by atoms with Gasteiger partial charge in [-0.2, -0.15) is 0 Å². The van der Waals surface area contributed by atoms with Gasteiger partial charge in [-0.3, -0.25) is 4.79 Å². The summed E-state index contributed by atoms with van der Waals surface area (Å²) in [5.41, 5.74) is 1.67. The number of carboxylic acids is 1. The van der Waals surface area contributed by atoms with Crippen LogP contribution in [0, 0.1) is 5.92 Å². The molecule has 0 radical (unpaired) electrons. The maximum atomic E-state index is 10.8. The van der Waals surface area contributed by atoms with E-state index < -0.39 is 5.97 Å². The Hall–Kier alpha value is -1.17. The smallest absolute Gasteiger partial charge is 0.308 e. The topological polar surface area (TPSA) is 66.3 Å². The van der Waals surface area contributed by atoms with Crippen LogP contribution >= 0.6 is 11.3 Å². The van der Waals surface area contributed by atoms with E-state index in [2.05, 4.69) is 10.2 Å². The first-order valence-corrected chi connectivity index (χ1v) is 5.39. The molecule has 14 heavy (non-hydrogen) atoms. The molecule has 1 saturated heterocycles. The molecule has 1 N–H and O–H groups in total. The van der Waals surface area contributed by atoms with Gasteiger partial charge in [0.1, 0.15) is 5.51 Å². The normalized spacial score (nSPS) is 22.3. The molecule has 2 rings (SSSR count). The molecule has 2 heterocycles. The maximum Gasteiger partial charge on any atom is 0.308 e. The fourth-order valence-electron chi connectivity index (χ4n) is 1.66. The van der Waals surface area contributed by atoms with E-state index in [0.29, 0.717) is 6.54 Å². The van der Waals surface area contributed by atoms with Crippen LogP contribution in [0.15, 0.2) is 5.51 Å². The molecule has 1 fully saturated rings. The zero-order valence-corrected chi connectivity index (χ0v) is 8.40. The Labute approximate surface area is 85.4 Å². The molecule has 0 amide bonds. The largest absolute Gasteiger partial charge is 0.481 e. The molecule has 0 saturated carbocycles. The maximum absolute atomic E-state index is 10.8. The van der Waals surface area contributed by atoms with E-state index in [1.165, 1.54) is 11.3 Å². The molecule has 6 heteroatoms. The molecule has 5 nitrogen and oxygen atoms in total. The summed E-state index contributed by atoms with van der Waals surface area (Å²) >= 11 is 1.45. The Balaban J connectivity index is 2.04. The summed E-state index contributed by atoms with van der Waals surface area (Å²) in [6, 6.07) is 0. The first kappa shape index (κ1) is 9.39. The van der Waals surface area contributed by atoms with Crippen LogP contribution in [0.1, 0.15) is 12.8 Å². The van der Waals surface area contributed by atoms with E-state index >= 15 is 0 Å². The average Bonchev–Trinajstić information content (AvgIpc) is 2.71. The Morgan fingerprint density at radius 3 is 3.21 bits per heavy atom. The van der Waals surface area contributed by atoms with Crippen LogP contribution in [0.5, 0.6) is 0 Å². The zero-order chi connectivity index (χ0) is 9.97. The average molecular weight is 213 g/mol. The number of aromatic nitrogens is 2. The second-order valence-corrected chi connectivity index (χ2v) is 4.16. The van der Waals surface area contributed by atoms with E-state index in [1.54, 1.807) is 5.51 Å². The van der Waals surface area contributed by atoms with Gasteiger partial charge in [-0.1, -0.05) is 11.3 Å². The van der Waals surface area contributed by atoms with Crippen LogP contribution in [0.4, 0.5) is 5.13 Å². The first-order chi connectivity index (χ1) is 6.77. The number of rotatable bonds is 2. The van der Waals surface area contributed by atoms with Gasteiger partial charge >= 0.3 is 5.97 Å². The number of anilines is 1. The number of carboxylic acid groups (broad SMARTS) is 1. The van der Waals surface area contributed by atoms with Crippen molar-refractivity contribution in [3.63, 3.8) is 0 Å². The predicted octanol–water partition coefficient (Wildman–Crippen LogP) is 0.839. The van der Waals surface area contributed by atoms with Crippen molar-refractivity contribution in [2.75, 3.05) is 18.0 Å². The molecule has 1 aromatic rings. The highest BCUT2D eigenvalue weighted by molar-refractivity contribution is 7.13. The molecule has 1 aliphatic rings. The van der Waals surface area contributed by atoms with Crippen molar-refractivity contribution in [1.29, 1.82) is 0 Å². The summed E-state index contributed by atoms with van der Waals surface area (Å²) in [5.74, 6) is -0.966. The quantitative estimate of drug-likeness (QED) is 0.788. The Bertz CT molecular complexity index is 314. The van der Waals surface area contributed by atoms with E-state index in [1.807, 2.05) is 4.90 Å². The third-order valence-corrected chi connectivity index (χ3v) is 3.14. The summed E-state index contributed by atoms with van der Waals surface area (Å²) in [4.78, 5) is 12.8. The highest BCUT2D eigenvalue weighted by Gasteiger charge is 2.26. The molecular weight excluding hydrogens is 202 g/mol. The van der Waals surface area contributed by atoms with Crippen molar-refractivity contribution in [1.82, 2.24) is 10.2 Å². The van der Waals surface area contributed by atoms with E-state index in [4.69, 9.17) is 5.11 Å². The summed E-state index contributed by atoms with van der Waals surface area (Å²) in [5, 5.41) is 17.4. The van der Waals surface area contributed by atoms with Crippen LogP contribution < -0.4 is 4.90 Å². The molecule has 1 unspecified atom stereocenters. The monoisotopic (exact) mass is 213 g/mol. The van der Waals surface area contributed by atoms with Gasteiger partial charge < -0.3 is 10.0 Å². The number of aliphatic carboxylic acids is 1. The van der Waals surface area contributed by atoms with Crippen molar-refractivity contribution >= 4 is 22.4 Å². The van der Waals surface area contributed by atoms with Crippen LogP contribution in [0.2, 0.25) is 0 Å². The highest BCUT2D eigenvalue weighted by atomic mass is 32.1. The third kappa shape index (κ3) is 1.84. The summed E-state index contributed by atoms with van der Waals surface area (Å²) in [6.45, 7) is 1.45. The fraction of sp³-hybridized carbons (Fsp3) is 0.625. The van der Waals surface area contributed by atoms with E-state index in [9.17, 15) is 4.79 Å². The first-order valence-electron chi connectivity index (χ1n) is 4.51. The van der Waals surface area contributed by atoms with E-state index in [0.717, 1.165) is 24.5 Å². The van der Waals surface area contributed by atoms with E-state index in [-0.39, 0.29) is 5.92 Å². The van der Waals surface area contributed by atoms with Crippen LogP contribution in [-0.2, 0) is 4.79 Å². The number of piperidine rings is 1. The molecule has 0 spiro atoms. The van der Waals surface area contributed by atoms with Crippen LogP contribution in [0.25, 0.3) is 0 Å². The summed E-state index contributed by atoms with van der Waals surface area (Å²) in [7, 11) is 0. The van der Waals surface area contributed by atoms with Crippen LogP contribution in [-0.4, -0.2) is 34.4 Å². The number of nitrogens with zero attached hydrogens (tertiary/aromatic N) is 3. The van der Waals surface area contributed by atoms with Crippen LogP contribution in [0.3, 0.4) is 0 Å². The minimum atomic E-state index is -0.709. The Kier molecular flexibility index (Phi) is 2.62. The molecule has 1 aliphatic heterocycles. The van der Waals surface area contributed by atoms with Crippen molar-refractivity contribution in [3.8, 4) is 0 Å². The summed E-state index contributed by atoms with van der Waals surface area (Å²) < 4.78 is 0. The molecule has 0 aliphatic carbocycles. The minimum absolute atomic E-state index is 0.257. The van der Waals surface area contributed by atoms with Gasteiger partial charge in [0.2, 0.25) is 5.13 Å². The molecule has 1 aromatic heterocycles. The summed E-state index contributed by atoms with van der Waals surface area (Å²) in [6.07, 6.45) is 1.68. The lowest BCUT2D eigenvalue weighted by Crippen LogP contribution is -2.38. The van der Waals surface area contributed by atoms with Gasteiger partial charge in [-0.05, 0) is 12.8 Å². The lowest BCUT2D eigenvalue weighted by atomic mass is 9.99. The van der Waals surface area contributed by atoms with Gasteiger partial charge in [0.25, 0.3) is 0 Å². The Morgan fingerprint density at radius 2 is 2.57 bits per heavy atom. The second kappa shape index (κ2) is 3.91. The SMILES string of the molecule is O=C(O)C1CCCN(c2nncs2)C1. The number of hydrogen-bond donors (Lipinski definition) is 1. The lowest BCUT2D eigenvalue weighted by molar-refractivity contribution is -0.141. The van der Waals surface area contributed by atoms with Gasteiger partial charge in [-0.15, -0.1) is 10.2 Å². The van der Waals surface area contributed by atoms with Gasteiger partial charge in [0.15, 0.2) is 0 Å². The highest BCUT2D eigenvalue weighted by Crippen LogP contribution is 2.23. The Morgan fingerprint density at radius 1 is 1.71 bits per heavy atom. The zero-order valence-electron chi connectivity index (χ0n) is 7.59. The van der Waals surface area contributed by atoms with Crippen molar-refractivity contribution < 1.29 is 9.90 Å².